The first-order valence-electron chi connectivity index (χ1n) is 17.1. The Morgan fingerprint density at radius 1 is 0.824 bits per heavy atom. The zero-order chi connectivity index (χ0) is 35.0. The number of allylic oxidation sites excluding steroid dienone is 8. The first kappa shape index (κ1) is 37.7. The van der Waals surface area contributed by atoms with Crippen LogP contribution in [0.1, 0.15) is 37.0 Å². The van der Waals surface area contributed by atoms with Crippen molar-refractivity contribution in [2.75, 3.05) is 0 Å². The zero-order valence-corrected chi connectivity index (χ0v) is 33.2. The summed E-state index contributed by atoms with van der Waals surface area (Å²) in [7, 11) is 0. The van der Waals surface area contributed by atoms with Crippen LogP contribution in [0.4, 0.5) is 0 Å². The largest absolute Gasteiger partial charge is 0.344 e. The number of nitrogens with zero attached hydrogens (tertiary/aromatic N) is 1. The quantitative estimate of drug-likeness (QED) is 0.0995. The van der Waals surface area contributed by atoms with Crippen LogP contribution in [-0.4, -0.2) is 10.3 Å². The van der Waals surface area contributed by atoms with Crippen molar-refractivity contribution in [2.24, 2.45) is 5.92 Å². The van der Waals surface area contributed by atoms with Gasteiger partial charge in [-0.2, -0.15) is 12.5 Å². The first-order valence-corrected chi connectivity index (χ1v) is 17.9. The van der Waals surface area contributed by atoms with Crippen LogP contribution in [0, 0.1) is 31.3 Å². The summed E-state index contributed by atoms with van der Waals surface area (Å²) in [5.74, 6) is 0.0999. The molecule has 0 aliphatic heterocycles. The number of nitrogens with one attached hydrogen (secondary N) is 1. The summed E-state index contributed by atoms with van der Waals surface area (Å²) in [5.41, 5.74) is 8.08. The van der Waals surface area contributed by atoms with Crippen molar-refractivity contribution in [3.05, 3.63) is 194 Å². The number of benzene rings is 5. The minimum Gasteiger partial charge on any atom is -0.344 e. The normalized spacial score (nSPS) is 13.5. The number of thiophene rings is 1. The summed E-state index contributed by atoms with van der Waals surface area (Å²) >= 11 is 1.89. The van der Waals surface area contributed by atoms with Crippen LogP contribution >= 0.6 is 11.3 Å². The molecule has 8 rings (SSSR count). The molecule has 5 aromatic carbocycles. The van der Waals surface area contributed by atoms with E-state index < -0.39 is 0 Å². The predicted octanol–water partition coefficient (Wildman–Crippen LogP) is 13.3. The molecule has 2 nitrogen and oxygen atoms in total. The summed E-state index contributed by atoms with van der Waals surface area (Å²) in [4.78, 5) is 0. The van der Waals surface area contributed by atoms with Gasteiger partial charge >= 0.3 is 0 Å². The molecule has 1 unspecified atom stereocenters. The van der Waals surface area contributed by atoms with E-state index >= 15 is 0 Å². The average Bonchev–Trinajstić information content (AvgIpc) is 3.71. The van der Waals surface area contributed by atoms with Crippen LogP contribution in [-0.2, 0) is 32.7 Å². The van der Waals surface area contributed by atoms with Crippen molar-refractivity contribution in [3.8, 4) is 0 Å². The maximum atomic E-state index is 8.72. The third-order valence-electron chi connectivity index (χ3n) is 8.67. The number of para-hydroxylation sites is 1. The zero-order valence-electron chi connectivity index (χ0n) is 29.5. The molecule has 0 fully saturated rings. The number of rotatable bonds is 6. The molecule has 4 heteroatoms. The van der Waals surface area contributed by atoms with Crippen molar-refractivity contribution < 1.29 is 32.7 Å². The molecular formula is C47H42N2SY-2. The fraction of sp³-hybridized carbons (Fsp3) is 0.106. The van der Waals surface area contributed by atoms with Gasteiger partial charge in [-0.05, 0) is 48.2 Å². The van der Waals surface area contributed by atoms with Gasteiger partial charge in [-0.25, -0.2) is 12.2 Å². The molecule has 2 aromatic heterocycles. The maximum absolute atomic E-state index is 8.72. The molecule has 1 radical (unpaired) electrons. The van der Waals surface area contributed by atoms with Gasteiger partial charge in [0.15, 0.2) is 0 Å². The van der Waals surface area contributed by atoms with Gasteiger partial charge in [0.1, 0.15) is 0 Å². The Balaban J connectivity index is 0.000000232. The van der Waals surface area contributed by atoms with Crippen LogP contribution in [0.5, 0.6) is 0 Å². The molecule has 0 spiro atoms. The van der Waals surface area contributed by atoms with E-state index in [1.807, 2.05) is 59.9 Å². The monoisotopic (exact) mass is 755 g/mol. The third kappa shape index (κ3) is 8.18. The maximum Gasteiger partial charge on any atom is 0.0684 e. The van der Waals surface area contributed by atoms with E-state index in [9.17, 15) is 0 Å². The van der Waals surface area contributed by atoms with Gasteiger partial charge in [-0.1, -0.05) is 123 Å². The van der Waals surface area contributed by atoms with Crippen LogP contribution in [0.2, 0.25) is 0 Å². The molecule has 2 heterocycles. The molecule has 1 N–H and O–H groups in total. The molecule has 0 amide bonds. The summed E-state index contributed by atoms with van der Waals surface area (Å²) in [6.07, 6.45) is 15.1. The standard InChI is InChI=1S/C31H24N2.C13H10S.C3H8.Y/c1-3-4-11-22(2)24-14-10-15-26(20-24)33-29-17-9-8-16-27(29)28-21-25(18-19-30(28)33)31(32)23-12-6-5-7-13-23;1-9-5-4-7-11-10-6-2-3-8-12(10)14-13(9)11;1-3-2;/h1,3-21,24,32H,2H2;2-8H,1H3;3H2,1-2H3;/q-2;;;/b11-4-,32-31?;;;. The van der Waals surface area contributed by atoms with Crippen molar-refractivity contribution >= 4 is 64.7 Å². The molecular weight excluding hydrogens is 714 g/mol. The van der Waals surface area contributed by atoms with Gasteiger partial charge in [0, 0.05) is 69.2 Å². The van der Waals surface area contributed by atoms with Gasteiger partial charge in [-0.15, -0.1) is 35.3 Å². The molecule has 1 aliphatic rings. The molecule has 51 heavy (non-hydrogen) atoms. The van der Waals surface area contributed by atoms with E-state index in [1.165, 1.54) is 43.6 Å². The van der Waals surface area contributed by atoms with Gasteiger partial charge in [0.2, 0.25) is 0 Å². The number of hydrogen-bond donors (Lipinski definition) is 1. The van der Waals surface area contributed by atoms with Crippen molar-refractivity contribution in [3.63, 3.8) is 0 Å². The smallest absolute Gasteiger partial charge is 0.0684 e. The molecule has 1 atom stereocenters. The number of fused-ring (bicyclic) bond motifs is 6. The van der Waals surface area contributed by atoms with E-state index in [0.717, 1.165) is 38.8 Å². The molecule has 0 saturated carbocycles. The van der Waals surface area contributed by atoms with Crippen molar-refractivity contribution in [1.29, 1.82) is 5.41 Å². The Hall–Kier alpha value is -4.54. The second-order valence-electron chi connectivity index (χ2n) is 12.4. The summed E-state index contributed by atoms with van der Waals surface area (Å²) in [5, 5.41) is 13.8. The minimum atomic E-state index is 0. The summed E-state index contributed by atoms with van der Waals surface area (Å²) in [6, 6.07) is 39.8. The Kier molecular flexibility index (Phi) is 13.0. The topological polar surface area (TPSA) is 28.8 Å². The fourth-order valence-electron chi connectivity index (χ4n) is 6.31. The average molecular weight is 756 g/mol. The Labute approximate surface area is 331 Å². The van der Waals surface area contributed by atoms with E-state index in [2.05, 4.69) is 135 Å². The SMILES string of the molecule is CCC.Cc1cccc2c1sc1ccccc12.[CH-]=C/C=C\C(=C)C1C=CC=C(n2c3ccccc3c3cc(C(=N)c4ccccc4)ccc32)[CH-]1.[Y]. The van der Waals surface area contributed by atoms with E-state index in [-0.39, 0.29) is 38.6 Å². The van der Waals surface area contributed by atoms with E-state index in [4.69, 9.17) is 12.0 Å². The molecule has 0 saturated heterocycles. The number of hydrogen-bond acceptors (Lipinski definition) is 2. The van der Waals surface area contributed by atoms with Crippen LogP contribution in [0.15, 0.2) is 164 Å². The Bertz CT molecular complexity index is 2420. The molecule has 7 aromatic rings. The first-order chi connectivity index (χ1) is 24.4. The Morgan fingerprint density at radius 3 is 2.25 bits per heavy atom. The molecule has 0 bridgehead atoms. The Morgan fingerprint density at radius 2 is 1.49 bits per heavy atom. The molecule has 1 aliphatic carbocycles. The van der Waals surface area contributed by atoms with Gasteiger partial charge in [0.05, 0.1) is 16.7 Å². The second-order valence-corrected chi connectivity index (χ2v) is 13.4. The van der Waals surface area contributed by atoms with Gasteiger partial charge in [-0.3, -0.25) is 12.0 Å². The fourth-order valence-corrected chi connectivity index (χ4v) is 7.48. The van der Waals surface area contributed by atoms with E-state index in [1.54, 1.807) is 0 Å². The van der Waals surface area contributed by atoms with Gasteiger partial charge in [0.25, 0.3) is 0 Å². The van der Waals surface area contributed by atoms with Crippen molar-refractivity contribution in [1.82, 2.24) is 4.57 Å². The van der Waals surface area contributed by atoms with Crippen LogP contribution in [0.3, 0.4) is 0 Å². The second kappa shape index (κ2) is 17.6. The number of aromatic nitrogens is 1. The van der Waals surface area contributed by atoms with Crippen LogP contribution < -0.4 is 0 Å². The minimum absolute atomic E-state index is 0. The predicted molar refractivity (Wildman–Crippen MR) is 220 cm³/mol. The third-order valence-corrected chi connectivity index (χ3v) is 9.99. The van der Waals surface area contributed by atoms with E-state index in [0.29, 0.717) is 5.71 Å². The van der Waals surface area contributed by atoms with Crippen LogP contribution in [0.25, 0.3) is 47.7 Å². The van der Waals surface area contributed by atoms with Gasteiger partial charge < -0.3 is 4.57 Å². The molecule has 251 valence electrons. The number of aryl methyl sites for hydroxylation is 1. The summed E-state index contributed by atoms with van der Waals surface area (Å²) < 4.78 is 5.11. The van der Waals surface area contributed by atoms with Crippen molar-refractivity contribution in [2.45, 2.75) is 27.2 Å². The summed E-state index contributed by atoms with van der Waals surface area (Å²) in [6.45, 7) is 16.1.